The molecule has 0 saturated carbocycles. The first-order valence-electron chi connectivity index (χ1n) is 6.35. The lowest BCUT2D eigenvalue weighted by molar-refractivity contribution is 0.0952. The molecule has 21 heavy (non-hydrogen) atoms. The Morgan fingerprint density at radius 1 is 1.05 bits per heavy atom. The number of benzene rings is 2. The zero-order valence-corrected chi connectivity index (χ0v) is 11.9. The van der Waals surface area contributed by atoms with Gasteiger partial charge in [0.15, 0.2) is 0 Å². The van der Waals surface area contributed by atoms with Crippen molar-refractivity contribution in [1.82, 2.24) is 5.43 Å². The van der Waals surface area contributed by atoms with Crippen molar-refractivity contribution < 1.29 is 14.3 Å². The third kappa shape index (κ3) is 3.82. The Hall–Kier alpha value is -2.82. The molecule has 0 fully saturated rings. The summed E-state index contributed by atoms with van der Waals surface area (Å²) in [6.45, 7) is 0. The fourth-order valence-corrected chi connectivity index (χ4v) is 1.75. The molecule has 0 radical (unpaired) electrons. The van der Waals surface area contributed by atoms with E-state index in [1.807, 2.05) is 24.3 Å². The number of amides is 1. The van der Waals surface area contributed by atoms with Crippen LogP contribution in [0.15, 0.2) is 53.6 Å². The van der Waals surface area contributed by atoms with E-state index in [2.05, 4.69) is 10.5 Å². The Bertz CT molecular complexity index is 636. The normalized spacial score (nSPS) is 10.4. The summed E-state index contributed by atoms with van der Waals surface area (Å²) in [6.07, 6.45) is 1.56. The molecule has 2 rings (SSSR count). The molecule has 0 unspecified atom stereocenters. The van der Waals surface area contributed by atoms with Gasteiger partial charge in [-0.2, -0.15) is 5.10 Å². The van der Waals surface area contributed by atoms with E-state index in [0.29, 0.717) is 11.3 Å². The van der Waals surface area contributed by atoms with Crippen LogP contribution in [0.5, 0.6) is 11.5 Å². The van der Waals surface area contributed by atoms with Gasteiger partial charge in [0.2, 0.25) is 0 Å². The fourth-order valence-electron chi connectivity index (χ4n) is 1.75. The minimum absolute atomic E-state index is 0.322. The summed E-state index contributed by atoms with van der Waals surface area (Å²) in [5.41, 5.74) is 3.76. The lowest BCUT2D eigenvalue weighted by Gasteiger charge is -2.05. The Morgan fingerprint density at radius 3 is 2.43 bits per heavy atom. The zero-order valence-electron chi connectivity index (χ0n) is 11.9. The molecule has 108 valence electrons. The Balaban J connectivity index is 2.01. The van der Waals surface area contributed by atoms with Gasteiger partial charge in [0, 0.05) is 0 Å². The number of nitrogens with zero attached hydrogens (tertiary/aromatic N) is 1. The van der Waals surface area contributed by atoms with Crippen molar-refractivity contribution >= 4 is 12.1 Å². The quantitative estimate of drug-likeness (QED) is 0.677. The molecule has 1 amide bonds. The summed E-state index contributed by atoms with van der Waals surface area (Å²) in [5.74, 6) is 0.956. The minimum atomic E-state index is -0.322. The van der Waals surface area contributed by atoms with E-state index in [1.165, 1.54) is 7.11 Å². The molecule has 1 N–H and O–H groups in total. The smallest absolute Gasteiger partial charge is 0.275 e. The van der Waals surface area contributed by atoms with Crippen LogP contribution < -0.4 is 14.9 Å². The highest BCUT2D eigenvalue weighted by Crippen LogP contribution is 2.16. The van der Waals surface area contributed by atoms with Gasteiger partial charge in [-0.15, -0.1) is 0 Å². The molecule has 0 aliphatic heterocycles. The maximum atomic E-state index is 12.0. The molecule has 0 aliphatic rings. The minimum Gasteiger partial charge on any atom is -0.497 e. The van der Waals surface area contributed by atoms with E-state index >= 15 is 0 Å². The maximum Gasteiger partial charge on any atom is 0.275 e. The number of carbonyl (C=O) groups excluding carboxylic acids is 1. The van der Waals surface area contributed by atoms with E-state index in [0.717, 1.165) is 11.3 Å². The number of hydrogen-bond acceptors (Lipinski definition) is 4. The molecule has 0 aromatic heterocycles. The summed E-state index contributed by atoms with van der Waals surface area (Å²) in [7, 11) is 3.13. The molecular weight excluding hydrogens is 268 g/mol. The summed E-state index contributed by atoms with van der Waals surface area (Å²) >= 11 is 0. The molecule has 2 aromatic carbocycles. The van der Waals surface area contributed by atoms with Crippen LogP contribution in [0.1, 0.15) is 15.9 Å². The maximum absolute atomic E-state index is 12.0. The van der Waals surface area contributed by atoms with E-state index in [4.69, 9.17) is 9.47 Å². The first-order valence-corrected chi connectivity index (χ1v) is 6.35. The Morgan fingerprint density at radius 2 is 1.76 bits per heavy atom. The van der Waals surface area contributed by atoms with Crippen LogP contribution in [0, 0.1) is 0 Å². The summed E-state index contributed by atoms with van der Waals surface area (Å²) in [4.78, 5) is 12.0. The second kappa shape index (κ2) is 7.09. The van der Waals surface area contributed by atoms with Crippen LogP contribution in [0.3, 0.4) is 0 Å². The van der Waals surface area contributed by atoms with E-state index < -0.39 is 0 Å². The van der Waals surface area contributed by atoms with Crippen molar-refractivity contribution in [2.75, 3.05) is 14.2 Å². The van der Waals surface area contributed by atoms with Crippen molar-refractivity contribution in [3.63, 3.8) is 0 Å². The van der Waals surface area contributed by atoms with Gasteiger partial charge in [0.05, 0.1) is 26.0 Å². The number of methoxy groups -OCH3 is 2. The summed E-state index contributed by atoms with van der Waals surface area (Å²) < 4.78 is 10.2. The van der Waals surface area contributed by atoms with Crippen molar-refractivity contribution in [3.8, 4) is 11.5 Å². The van der Waals surface area contributed by atoms with Crippen LogP contribution in [0.2, 0.25) is 0 Å². The van der Waals surface area contributed by atoms with Crippen molar-refractivity contribution in [2.24, 2.45) is 5.10 Å². The predicted octanol–water partition coefficient (Wildman–Crippen LogP) is 2.47. The van der Waals surface area contributed by atoms with Gasteiger partial charge in [-0.05, 0) is 42.0 Å². The molecule has 0 aliphatic carbocycles. The van der Waals surface area contributed by atoms with Gasteiger partial charge in [0.25, 0.3) is 5.91 Å². The molecule has 0 atom stereocenters. The highest BCUT2D eigenvalue weighted by molar-refractivity contribution is 5.97. The first kappa shape index (κ1) is 14.6. The highest BCUT2D eigenvalue weighted by Gasteiger charge is 2.09. The van der Waals surface area contributed by atoms with Crippen LogP contribution in [-0.2, 0) is 0 Å². The summed E-state index contributed by atoms with van der Waals surface area (Å²) in [6, 6.07) is 14.3. The number of para-hydroxylation sites is 1. The van der Waals surface area contributed by atoms with E-state index in [1.54, 1.807) is 37.6 Å². The molecule has 0 heterocycles. The molecule has 5 heteroatoms. The first-order chi connectivity index (χ1) is 10.2. The number of carbonyl (C=O) groups is 1. The van der Waals surface area contributed by atoms with Crippen LogP contribution >= 0.6 is 0 Å². The van der Waals surface area contributed by atoms with Crippen molar-refractivity contribution in [2.45, 2.75) is 0 Å². The topological polar surface area (TPSA) is 59.9 Å². The second-order valence-electron chi connectivity index (χ2n) is 4.17. The van der Waals surface area contributed by atoms with Gasteiger partial charge in [-0.25, -0.2) is 5.43 Å². The SMILES string of the molecule is COc1ccc(/C=N/NC(=O)c2ccccc2OC)cc1. The third-order valence-electron chi connectivity index (χ3n) is 2.85. The van der Waals surface area contributed by atoms with Crippen LogP contribution in [0.25, 0.3) is 0 Å². The van der Waals surface area contributed by atoms with Crippen molar-refractivity contribution in [1.29, 1.82) is 0 Å². The fraction of sp³-hybridized carbons (Fsp3) is 0.125. The molecular formula is C16H16N2O3. The molecule has 0 saturated heterocycles. The number of nitrogens with one attached hydrogen (secondary N) is 1. The predicted molar refractivity (Wildman–Crippen MR) is 81.0 cm³/mol. The van der Waals surface area contributed by atoms with E-state index in [-0.39, 0.29) is 5.91 Å². The molecule has 0 bridgehead atoms. The molecule has 2 aromatic rings. The van der Waals surface area contributed by atoms with Gasteiger partial charge in [-0.1, -0.05) is 12.1 Å². The van der Waals surface area contributed by atoms with Gasteiger partial charge in [-0.3, -0.25) is 4.79 Å². The Labute approximate surface area is 123 Å². The van der Waals surface area contributed by atoms with Gasteiger partial charge in [0.1, 0.15) is 11.5 Å². The molecule has 5 nitrogen and oxygen atoms in total. The van der Waals surface area contributed by atoms with Gasteiger partial charge >= 0.3 is 0 Å². The Kier molecular flexibility index (Phi) is 4.93. The average Bonchev–Trinajstić information content (AvgIpc) is 2.55. The lowest BCUT2D eigenvalue weighted by Crippen LogP contribution is -2.18. The number of hydrazone groups is 1. The monoisotopic (exact) mass is 284 g/mol. The van der Waals surface area contributed by atoms with Gasteiger partial charge < -0.3 is 9.47 Å². The van der Waals surface area contributed by atoms with Crippen LogP contribution in [0.4, 0.5) is 0 Å². The third-order valence-corrected chi connectivity index (χ3v) is 2.85. The lowest BCUT2D eigenvalue weighted by atomic mass is 10.2. The number of rotatable bonds is 5. The number of ether oxygens (including phenoxy) is 2. The van der Waals surface area contributed by atoms with Crippen LogP contribution in [-0.4, -0.2) is 26.3 Å². The summed E-state index contributed by atoms with van der Waals surface area (Å²) in [5, 5.41) is 3.93. The largest absolute Gasteiger partial charge is 0.497 e. The zero-order chi connectivity index (χ0) is 15.1. The van der Waals surface area contributed by atoms with Crippen molar-refractivity contribution in [3.05, 3.63) is 59.7 Å². The standard InChI is InChI=1S/C16H16N2O3/c1-20-13-9-7-12(8-10-13)11-17-18-16(19)14-5-3-4-6-15(14)21-2/h3-11H,1-2H3,(H,18,19)/b17-11+. The van der Waals surface area contributed by atoms with E-state index in [9.17, 15) is 4.79 Å². The average molecular weight is 284 g/mol. The second-order valence-corrected chi connectivity index (χ2v) is 4.17. The molecule has 0 spiro atoms. The highest BCUT2D eigenvalue weighted by atomic mass is 16.5. The number of hydrogen-bond donors (Lipinski definition) is 1.